The van der Waals surface area contributed by atoms with Crippen molar-refractivity contribution in [2.24, 2.45) is 7.05 Å². The van der Waals surface area contributed by atoms with Gasteiger partial charge in [-0.2, -0.15) is 5.10 Å². The van der Waals surface area contributed by atoms with Crippen molar-refractivity contribution in [1.29, 1.82) is 0 Å². The van der Waals surface area contributed by atoms with Gasteiger partial charge in [0.25, 0.3) is 5.91 Å². The van der Waals surface area contributed by atoms with Crippen LogP contribution in [0.2, 0.25) is 0 Å². The van der Waals surface area contributed by atoms with Crippen LogP contribution in [0.4, 0.5) is 0 Å². The van der Waals surface area contributed by atoms with Crippen LogP contribution in [0.3, 0.4) is 0 Å². The van der Waals surface area contributed by atoms with Gasteiger partial charge in [0.05, 0.1) is 5.69 Å². The largest absolute Gasteiger partial charge is 0.333 e. The van der Waals surface area contributed by atoms with Gasteiger partial charge in [0, 0.05) is 20.1 Å². The average Bonchev–Trinajstić information content (AvgIpc) is 3.08. The second kappa shape index (κ2) is 7.27. The van der Waals surface area contributed by atoms with Crippen molar-refractivity contribution >= 4 is 5.91 Å². The molecule has 4 rings (SSSR count). The third-order valence-electron chi connectivity index (χ3n) is 5.64. The van der Waals surface area contributed by atoms with Crippen molar-refractivity contribution in [2.75, 3.05) is 6.54 Å². The van der Waals surface area contributed by atoms with Crippen LogP contribution in [0.1, 0.15) is 52.5 Å². The van der Waals surface area contributed by atoms with Gasteiger partial charge in [-0.3, -0.25) is 9.48 Å². The van der Waals surface area contributed by atoms with Crippen molar-refractivity contribution in [3.8, 4) is 11.3 Å². The minimum absolute atomic E-state index is 0.00885. The molecule has 0 N–H and O–H groups in total. The van der Waals surface area contributed by atoms with Gasteiger partial charge in [-0.1, -0.05) is 61.9 Å². The summed E-state index contributed by atoms with van der Waals surface area (Å²) in [5.74, 6) is 0.499. The minimum Gasteiger partial charge on any atom is -0.333 e. The van der Waals surface area contributed by atoms with Gasteiger partial charge < -0.3 is 4.90 Å². The summed E-state index contributed by atoms with van der Waals surface area (Å²) in [5.41, 5.74) is 7.72. The molecule has 0 atom stereocenters. The van der Waals surface area contributed by atoms with Gasteiger partial charge in [-0.05, 0) is 47.6 Å². The Bertz CT molecular complexity index is 1010. The molecule has 0 saturated carbocycles. The van der Waals surface area contributed by atoms with E-state index in [0.717, 1.165) is 24.2 Å². The number of aromatic nitrogens is 2. The Balaban J connectivity index is 1.58. The van der Waals surface area contributed by atoms with Gasteiger partial charge in [0.15, 0.2) is 5.69 Å². The molecule has 0 fully saturated rings. The molecule has 0 saturated heterocycles. The van der Waals surface area contributed by atoms with Crippen LogP contribution in [0.25, 0.3) is 11.3 Å². The monoisotopic (exact) mass is 373 g/mol. The number of nitrogens with zero attached hydrogens (tertiary/aromatic N) is 3. The van der Waals surface area contributed by atoms with E-state index in [-0.39, 0.29) is 5.91 Å². The molecule has 1 aliphatic rings. The lowest BCUT2D eigenvalue weighted by atomic mass is 9.93. The highest BCUT2D eigenvalue weighted by Crippen LogP contribution is 2.26. The topological polar surface area (TPSA) is 38.1 Å². The lowest BCUT2D eigenvalue weighted by molar-refractivity contribution is 0.0728. The van der Waals surface area contributed by atoms with Crippen LogP contribution in [0.5, 0.6) is 0 Å². The highest BCUT2D eigenvalue weighted by molar-refractivity contribution is 5.93. The molecule has 4 heteroatoms. The van der Waals surface area contributed by atoms with Crippen molar-refractivity contribution in [3.05, 3.63) is 76.5 Å². The first kappa shape index (κ1) is 18.5. The third-order valence-corrected chi connectivity index (χ3v) is 5.64. The molecule has 0 spiro atoms. The number of hydrogen-bond donors (Lipinski definition) is 0. The van der Waals surface area contributed by atoms with Crippen molar-refractivity contribution in [1.82, 2.24) is 14.7 Å². The Morgan fingerprint density at radius 2 is 1.79 bits per heavy atom. The summed E-state index contributed by atoms with van der Waals surface area (Å²) in [4.78, 5) is 15.1. The summed E-state index contributed by atoms with van der Waals surface area (Å²) in [6, 6.07) is 16.9. The summed E-state index contributed by atoms with van der Waals surface area (Å²) < 4.78 is 1.80. The molecule has 1 aromatic heterocycles. The molecule has 1 amide bonds. The van der Waals surface area contributed by atoms with Gasteiger partial charge in [-0.25, -0.2) is 0 Å². The normalized spacial score (nSPS) is 13.7. The van der Waals surface area contributed by atoms with E-state index in [1.807, 2.05) is 18.0 Å². The fourth-order valence-corrected chi connectivity index (χ4v) is 3.84. The van der Waals surface area contributed by atoms with Crippen LogP contribution in [0.15, 0.2) is 48.5 Å². The van der Waals surface area contributed by atoms with Crippen molar-refractivity contribution in [3.63, 3.8) is 0 Å². The molecule has 0 radical (unpaired) electrons. The van der Waals surface area contributed by atoms with E-state index >= 15 is 0 Å². The van der Waals surface area contributed by atoms with E-state index in [1.54, 1.807) is 4.68 Å². The molecule has 2 heterocycles. The van der Waals surface area contributed by atoms with Gasteiger partial charge in [-0.15, -0.1) is 0 Å². The van der Waals surface area contributed by atoms with Crippen LogP contribution in [0, 0.1) is 6.92 Å². The Kier molecular flexibility index (Phi) is 4.80. The number of hydrogen-bond acceptors (Lipinski definition) is 2. The van der Waals surface area contributed by atoms with E-state index in [9.17, 15) is 4.79 Å². The maximum Gasteiger partial charge on any atom is 0.274 e. The maximum absolute atomic E-state index is 13.1. The second-order valence-corrected chi connectivity index (χ2v) is 8.06. The molecule has 3 aromatic rings. The lowest BCUT2D eigenvalue weighted by Gasteiger charge is -2.29. The highest BCUT2D eigenvalue weighted by atomic mass is 16.2. The fraction of sp³-hybridized carbons (Fsp3) is 0.333. The van der Waals surface area contributed by atoms with Crippen LogP contribution < -0.4 is 0 Å². The Labute approximate surface area is 166 Å². The fourth-order valence-electron chi connectivity index (χ4n) is 3.84. The molecule has 0 aliphatic carbocycles. The molecular weight excluding hydrogens is 346 g/mol. The zero-order valence-corrected chi connectivity index (χ0v) is 17.1. The number of carbonyl (C=O) groups is 1. The molecular formula is C24H27N3O. The Morgan fingerprint density at radius 3 is 2.50 bits per heavy atom. The average molecular weight is 374 g/mol. The quantitative estimate of drug-likeness (QED) is 0.666. The summed E-state index contributed by atoms with van der Waals surface area (Å²) in [5, 5.41) is 4.51. The van der Waals surface area contributed by atoms with E-state index in [1.165, 1.54) is 22.3 Å². The first-order valence-corrected chi connectivity index (χ1v) is 9.94. The molecule has 0 unspecified atom stereocenters. The lowest BCUT2D eigenvalue weighted by Crippen LogP contribution is -2.36. The standard InChI is InChI=1S/C24H27N3O/c1-16(2)20-10-9-18-11-12-27(15-21(18)13-20)24(28)22-14-23(26(4)25-22)19-7-5-17(3)6-8-19/h5-10,13-14,16H,11-12,15H2,1-4H3. The molecule has 0 bridgehead atoms. The van der Waals surface area contributed by atoms with Crippen LogP contribution >= 0.6 is 0 Å². The zero-order chi connectivity index (χ0) is 19.8. The Hall–Kier alpha value is -2.88. The highest BCUT2D eigenvalue weighted by Gasteiger charge is 2.24. The van der Waals surface area contributed by atoms with Gasteiger partial charge in [0.2, 0.25) is 0 Å². The Morgan fingerprint density at radius 1 is 1.04 bits per heavy atom. The van der Waals surface area contributed by atoms with Crippen molar-refractivity contribution < 1.29 is 4.79 Å². The zero-order valence-electron chi connectivity index (χ0n) is 17.1. The first-order valence-electron chi connectivity index (χ1n) is 9.94. The number of amides is 1. The molecule has 144 valence electrons. The predicted molar refractivity (Wildman–Crippen MR) is 112 cm³/mol. The van der Waals surface area contributed by atoms with Crippen LogP contribution in [-0.2, 0) is 20.0 Å². The number of carbonyl (C=O) groups excluding carboxylic acids is 1. The van der Waals surface area contributed by atoms with E-state index in [0.29, 0.717) is 18.2 Å². The summed E-state index contributed by atoms with van der Waals surface area (Å²) in [6.45, 7) is 7.87. The first-order chi connectivity index (χ1) is 13.4. The summed E-state index contributed by atoms with van der Waals surface area (Å²) >= 11 is 0. The van der Waals surface area contributed by atoms with E-state index in [2.05, 4.69) is 68.3 Å². The van der Waals surface area contributed by atoms with E-state index < -0.39 is 0 Å². The number of benzene rings is 2. The summed E-state index contributed by atoms with van der Waals surface area (Å²) in [6.07, 6.45) is 0.900. The number of rotatable bonds is 3. The molecule has 1 aliphatic heterocycles. The van der Waals surface area contributed by atoms with Crippen LogP contribution in [-0.4, -0.2) is 27.1 Å². The van der Waals surface area contributed by atoms with Gasteiger partial charge in [0.1, 0.15) is 0 Å². The van der Waals surface area contributed by atoms with Gasteiger partial charge >= 0.3 is 0 Å². The smallest absolute Gasteiger partial charge is 0.274 e. The molecule has 4 nitrogen and oxygen atoms in total. The minimum atomic E-state index is 0.00885. The number of aryl methyl sites for hydroxylation is 2. The molecule has 2 aromatic carbocycles. The second-order valence-electron chi connectivity index (χ2n) is 8.06. The predicted octanol–water partition coefficient (Wildman–Crippen LogP) is 4.72. The number of fused-ring (bicyclic) bond motifs is 1. The maximum atomic E-state index is 13.1. The van der Waals surface area contributed by atoms with E-state index in [4.69, 9.17) is 0 Å². The summed E-state index contributed by atoms with van der Waals surface area (Å²) in [7, 11) is 1.90. The third kappa shape index (κ3) is 3.47. The van der Waals surface area contributed by atoms with Crippen molar-refractivity contribution in [2.45, 2.75) is 39.7 Å². The molecule has 28 heavy (non-hydrogen) atoms. The SMILES string of the molecule is Cc1ccc(-c2cc(C(=O)N3CCc4ccc(C(C)C)cc4C3)nn2C)cc1.